The van der Waals surface area contributed by atoms with E-state index in [1.807, 2.05) is 19.1 Å². The highest BCUT2D eigenvalue weighted by Crippen LogP contribution is 2.20. The number of hydrogen-bond donors (Lipinski definition) is 1. The topological polar surface area (TPSA) is 58.6 Å². The second-order valence-electron chi connectivity index (χ2n) is 5.81. The van der Waals surface area contributed by atoms with Crippen LogP contribution in [0, 0.1) is 12.7 Å². The molecule has 0 heterocycles. The number of benzene rings is 2. The molecule has 0 aliphatic rings. The molecule has 2 amide bonds. The third-order valence-corrected chi connectivity index (χ3v) is 4.14. The quantitative estimate of drug-likeness (QED) is 0.738. The van der Waals surface area contributed by atoms with Crippen molar-refractivity contribution in [3.8, 4) is 5.75 Å². The normalized spacial score (nSPS) is 10.3. The van der Waals surface area contributed by atoms with Gasteiger partial charge in [0.15, 0.2) is 0 Å². The van der Waals surface area contributed by atoms with Crippen molar-refractivity contribution in [3.63, 3.8) is 0 Å². The van der Waals surface area contributed by atoms with Gasteiger partial charge in [0.05, 0.1) is 19.6 Å². The Hall–Kier alpha value is -2.41. The molecular formula is C19H20BrFN2O3. The Morgan fingerprint density at radius 2 is 2.00 bits per heavy atom. The molecule has 0 aromatic heterocycles. The molecule has 2 aromatic carbocycles. The zero-order valence-corrected chi connectivity index (χ0v) is 16.2. The van der Waals surface area contributed by atoms with E-state index in [2.05, 4.69) is 21.2 Å². The van der Waals surface area contributed by atoms with E-state index in [9.17, 15) is 14.0 Å². The van der Waals surface area contributed by atoms with Crippen LogP contribution in [0.4, 0.5) is 10.1 Å². The monoisotopic (exact) mass is 422 g/mol. The van der Waals surface area contributed by atoms with Crippen molar-refractivity contribution in [1.29, 1.82) is 0 Å². The largest absolute Gasteiger partial charge is 0.493 e. The molecule has 0 aliphatic heterocycles. The average molecular weight is 423 g/mol. The summed E-state index contributed by atoms with van der Waals surface area (Å²) in [5.41, 5.74) is 1.62. The van der Waals surface area contributed by atoms with Gasteiger partial charge >= 0.3 is 0 Å². The number of anilines is 1. The molecular weight excluding hydrogens is 403 g/mol. The fourth-order valence-electron chi connectivity index (χ4n) is 2.26. The van der Waals surface area contributed by atoms with Crippen LogP contribution in [0.15, 0.2) is 46.9 Å². The number of nitrogens with zero attached hydrogens (tertiary/aromatic N) is 1. The van der Waals surface area contributed by atoms with Crippen LogP contribution >= 0.6 is 15.9 Å². The van der Waals surface area contributed by atoms with E-state index < -0.39 is 5.82 Å². The molecule has 0 bridgehead atoms. The number of aryl methyl sites for hydroxylation is 1. The fourth-order valence-corrected chi connectivity index (χ4v) is 2.74. The van der Waals surface area contributed by atoms with Crippen LogP contribution < -0.4 is 10.1 Å². The van der Waals surface area contributed by atoms with Crippen molar-refractivity contribution >= 4 is 33.4 Å². The molecule has 138 valence electrons. The van der Waals surface area contributed by atoms with Crippen LogP contribution in [0.3, 0.4) is 0 Å². The van der Waals surface area contributed by atoms with E-state index in [-0.39, 0.29) is 31.4 Å². The van der Waals surface area contributed by atoms with Gasteiger partial charge in [-0.25, -0.2) is 4.39 Å². The highest BCUT2D eigenvalue weighted by Gasteiger charge is 2.14. The Morgan fingerprint density at radius 3 is 2.69 bits per heavy atom. The molecule has 26 heavy (non-hydrogen) atoms. The number of halogens is 2. The predicted octanol–water partition coefficient (Wildman–Crippen LogP) is 3.76. The summed E-state index contributed by atoms with van der Waals surface area (Å²) in [6.45, 7) is 1.94. The summed E-state index contributed by atoms with van der Waals surface area (Å²) in [6, 6.07) is 11.2. The molecule has 0 atom stereocenters. The molecule has 5 nitrogen and oxygen atoms in total. The molecule has 0 spiro atoms. The van der Waals surface area contributed by atoms with Gasteiger partial charge in [-0.2, -0.15) is 0 Å². The van der Waals surface area contributed by atoms with E-state index >= 15 is 0 Å². The molecule has 0 unspecified atom stereocenters. The maximum absolute atomic E-state index is 13.1. The highest BCUT2D eigenvalue weighted by atomic mass is 79.9. The maximum Gasteiger partial charge on any atom is 0.243 e. The third kappa shape index (κ3) is 6.15. The van der Waals surface area contributed by atoms with E-state index in [4.69, 9.17) is 4.74 Å². The zero-order chi connectivity index (χ0) is 19.1. The first-order valence-electron chi connectivity index (χ1n) is 8.03. The fraction of sp³-hybridized carbons (Fsp3) is 0.263. The number of rotatable bonds is 7. The number of carbonyl (C=O) groups excluding carboxylic acids is 2. The number of ether oxygens (including phenoxy) is 1. The van der Waals surface area contributed by atoms with Gasteiger partial charge in [0.25, 0.3) is 0 Å². The summed E-state index contributed by atoms with van der Waals surface area (Å²) in [6.07, 6.45) is 0.0948. The molecule has 7 heteroatoms. The summed E-state index contributed by atoms with van der Waals surface area (Å²) in [4.78, 5) is 25.5. The second-order valence-corrected chi connectivity index (χ2v) is 6.73. The summed E-state index contributed by atoms with van der Waals surface area (Å²) in [5, 5.41) is 2.78. The first-order valence-corrected chi connectivity index (χ1v) is 8.83. The Bertz CT molecular complexity index is 798. The second kappa shape index (κ2) is 9.33. The number of likely N-dealkylation sites (N-methyl/N-ethyl adjacent to an activating group) is 1. The van der Waals surface area contributed by atoms with Crippen LogP contribution in [-0.4, -0.2) is 36.9 Å². The minimum Gasteiger partial charge on any atom is -0.493 e. The minimum atomic E-state index is -0.397. The Kier molecular flexibility index (Phi) is 7.15. The smallest absolute Gasteiger partial charge is 0.243 e. The van der Waals surface area contributed by atoms with Crippen LogP contribution in [0.2, 0.25) is 0 Å². The first-order chi connectivity index (χ1) is 12.3. The zero-order valence-electron chi connectivity index (χ0n) is 14.6. The van der Waals surface area contributed by atoms with Gasteiger partial charge in [0, 0.05) is 23.3 Å². The van der Waals surface area contributed by atoms with Gasteiger partial charge in [0.2, 0.25) is 11.8 Å². The summed E-state index contributed by atoms with van der Waals surface area (Å²) in [7, 11) is 1.55. The van der Waals surface area contributed by atoms with Gasteiger partial charge in [-0.15, -0.1) is 0 Å². The van der Waals surface area contributed by atoms with Crippen LogP contribution in [0.5, 0.6) is 5.75 Å². The lowest BCUT2D eigenvalue weighted by Crippen LogP contribution is -2.35. The number of nitrogens with one attached hydrogen (secondary N) is 1. The van der Waals surface area contributed by atoms with Crippen LogP contribution in [0.1, 0.15) is 12.0 Å². The Labute approximate surface area is 160 Å². The van der Waals surface area contributed by atoms with Crippen molar-refractivity contribution in [2.75, 3.05) is 25.5 Å². The molecule has 2 aromatic rings. The number of amides is 2. The van der Waals surface area contributed by atoms with Gasteiger partial charge in [-0.05, 0) is 42.8 Å². The molecule has 2 rings (SSSR count). The molecule has 0 radical (unpaired) electrons. The SMILES string of the molecule is Cc1cc(Br)ccc1NC(=O)CN(C)C(=O)CCOc1cccc(F)c1. The van der Waals surface area contributed by atoms with Gasteiger partial charge < -0.3 is 15.0 Å². The summed E-state index contributed by atoms with van der Waals surface area (Å²) in [5.74, 6) is -0.545. The van der Waals surface area contributed by atoms with Crippen LogP contribution in [-0.2, 0) is 9.59 Å². The molecule has 0 saturated heterocycles. The van der Waals surface area contributed by atoms with Crippen molar-refractivity contribution < 1.29 is 18.7 Å². The first kappa shape index (κ1) is 19.9. The predicted molar refractivity (Wildman–Crippen MR) is 102 cm³/mol. The average Bonchev–Trinajstić information content (AvgIpc) is 2.57. The lowest BCUT2D eigenvalue weighted by Gasteiger charge is -2.17. The van der Waals surface area contributed by atoms with E-state index in [0.29, 0.717) is 11.4 Å². The summed E-state index contributed by atoms with van der Waals surface area (Å²) >= 11 is 3.37. The van der Waals surface area contributed by atoms with Gasteiger partial charge in [-0.3, -0.25) is 9.59 Å². The van der Waals surface area contributed by atoms with E-state index in [0.717, 1.165) is 10.0 Å². The lowest BCUT2D eigenvalue weighted by atomic mass is 10.2. The van der Waals surface area contributed by atoms with Crippen molar-refractivity contribution in [3.05, 3.63) is 58.3 Å². The third-order valence-electron chi connectivity index (χ3n) is 3.65. The standard InChI is InChI=1S/C19H20BrFN2O3/c1-13-10-14(20)6-7-17(13)22-18(24)12-23(2)19(25)8-9-26-16-5-3-4-15(21)11-16/h3-7,10-11H,8-9,12H2,1-2H3,(H,22,24). The van der Waals surface area contributed by atoms with Gasteiger partial charge in [0.1, 0.15) is 11.6 Å². The Morgan fingerprint density at radius 1 is 1.23 bits per heavy atom. The molecule has 1 N–H and O–H groups in total. The maximum atomic E-state index is 13.1. The Balaban J connectivity index is 1.77. The van der Waals surface area contributed by atoms with Crippen LogP contribution in [0.25, 0.3) is 0 Å². The van der Waals surface area contributed by atoms with E-state index in [1.165, 1.54) is 23.1 Å². The number of carbonyl (C=O) groups is 2. The molecule has 0 aliphatic carbocycles. The van der Waals surface area contributed by atoms with Gasteiger partial charge in [-0.1, -0.05) is 22.0 Å². The lowest BCUT2D eigenvalue weighted by molar-refractivity contribution is -0.133. The van der Waals surface area contributed by atoms with Crippen molar-refractivity contribution in [1.82, 2.24) is 4.90 Å². The molecule has 0 fully saturated rings. The highest BCUT2D eigenvalue weighted by molar-refractivity contribution is 9.10. The van der Waals surface area contributed by atoms with E-state index in [1.54, 1.807) is 19.2 Å². The summed E-state index contributed by atoms with van der Waals surface area (Å²) < 4.78 is 19.3. The molecule has 0 saturated carbocycles. The van der Waals surface area contributed by atoms with Crippen molar-refractivity contribution in [2.45, 2.75) is 13.3 Å². The minimum absolute atomic E-state index is 0.0612. The van der Waals surface area contributed by atoms with Crippen molar-refractivity contribution in [2.24, 2.45) is 0 Å². The number of hydrogen-bond acceptors (Lipinski definition) is 3.